The SMILES string of the molecule is N#CCCOCC1COCO1. The maximum Gasteiger partial charge on any atom is 0.147 e. The van der Waals surface area contributed by atoms with Crippen LogP contribution >= 0.6 is 0 Å². The first-order valence-electron chi connectivity index (χ1n) is 3.57. The molecule has 4 nitrogen and oxygen atoms in total. The van der Waals surface area contributed by atoms with Gasteiger partial charge >= 0.3 is 0 Å². The number of nitriles is 1. The molecule has 0 bridgehead atoms. The van der Waals surface area contributed by atoms with E-state index < -0.39 is 0 Å². The summed E-state index contributed by atoms with van der Waals surface area (Å²) in [5.74, 6) is 0. The van der Waals surface area contributed by atoms with Crippen LogP contribution in [0, 0.1) is 11.3 Å². The zero-order chi connectivity index (χ0) is 7.94. The fraction of sp³-hybridized carbons (Fsp3) is 0.857. The molecule has 0 aromatic carbocycles. The second-order valence-electron chi connectivity index (χ2n) is 2.26. The van der Waals surface area contributed by atoms with Crippen LogP contribution < -0.4 is 0 Å². The molecular formula is C7H11NO3. The molecule has 1 saturated heterocycles. The largest absolute Gasteiger partial charge is 0.378 e. The van der Waals surface area contributed by atoms with Crippen LogP contribution in [0.25, 0.3) is 0 Å². The van der Waals surface area contributed by atoms with Gasteiger partial charge in [0, 0.05) is 0 Å². The molecule has 1 fully saturated rings. The third-order valence-electron chi connectivity index (χ3n) is 1.35. The van der Waals surface area contributed by atoms with Crippen molar-refractivity contribution in [1.82, 2.24) is 0 Å². The maximum absolute atomic E-state index is 8.17. The number of hydrogen-bond acceptors (Lipinski definition) is 4. The first kappa shape index (κ1) is 8.47. The van der Waals surface area contributed by atoms with E-state index in [1.54, 1.807) is 0 Å². The summed E-state index contributed by atoms with van der Waals surface area (Å²) in [6.07, 6.45) is 0.502. The van der Waals surface area contributed by atoms with E-state index in [1.807, 2.05) is 6.07 Å². The third-order valence-corrected chi connectivity index (χ3v) is 1.35. The van der Waals surface area contributed by atoms with Crippen LogP contribution in [0.5, 0.6) is 0 Å². The third kappa shape index (κ3) is 3.33. The van der Waals surface area contributed by atoms with Crippen molar-refractivity contribution in [2.24, 2.45) is 0 Å². The Morgan fingerprint density at radius 2 is 2.55 bits per heavy atom. The van der Waals surface area contributed by atoms with Crippen LogP contribution in [-0.4, -0.2) is 32.7 Å². The fourth-order valence-corrected chi connectivity index (χ4v) is 0.801. The van der Waals surface area contributed by atoms with Gasteiger partial charge in [-0.2, -0.15) is 5.26 Å². The van der Waals surface area contributed by atoms with E-state index in [9.17, 15) is 0 Å². The Balaban J connectivity index is 1.90. The summed E-state index contributed by atoms with van der Waals surface area (Å²) in [5.41, 5.74) is 0. The van der Waals surface area contributed by atoms with Gasteiger partial charge in [-0.05, 0) is 0 Å². The summed E-state index contributed by atoms with van der Waals surface area (Å²) >= 11 is 0. The molecule has 4 heteroatoms. The van der Waals surface area contributed by atoms with E-state index >= 15 is 0 Å². The quantitative estimate of drug-likeness (QED) is 0.550. The Morgan fingerprint density at radius 3 is 3.18 bits per heavy atom. The van der Waals surface area contributed by atoms with E-state index in [4.69, 9.17) is 19.5 Å². The van der Waals surface area contributed by atoms with Crippen LogP contribution in [0.15, 0.2) is 0 Å². The Morgan fingerprint density at radius 1 is 1.64 bits per heavy atom. The van der Waals surface area contributed by atoms with Gasteiger partial charge in [-0.15, -0.1) is 0 Å². The van der Waals surface area contributed by atoms with Gasteiger partial charge in [0.15, 0.2) is 0 Å². The molecule has 11 heavy (non-hydrogen) atoms. The molecule has 0 saturated carbocycles. The van der Waals surface area contributed by atoms with Crippen molar-refractivity contribution < 1.29 is 14.2 Å². The molecular weight excluding hydrogens is 146 g/mol. The monoisotopic (exact) mass is 157 g/mol. The summed E-state index contributed by atoms with van der Waals surface area (Å²) < 4.78 is 15.2. The molecule has 1 atom stereocenters. The average molecular weight is 157 g/mol. The molecule has 0 N–H and O–H groups in total. The van der Waals surface area contributed by atoms with Gasteiger partial charge in [0.1, 0.15) is 12.9 Å². The first-order valence-corrected chi connectivity index (χ1v) is 3.57. The average Bonchev–Trinajstić information content (AvgIpc) is 2.50. The van der Waals surface area contributed by atoms with E-state index in [-0.39, 0.29) is 6.10 Å². The molecule has 0 aromatic heterocycles. The minimum absolute atomic E-state index is 0.0636. The summed E-state index contributed by atoms with van der Waals surface area (Å²) in [4.78, 5) is 0. The highest BCUT2D eigenvalue weighted by Gasteiger charge is 2.15. The summed E-state index contributed by atoms with van der Waals surface area (Å²) in [5, 5.41) is 8.17. The van der Waals surface area contributed by atoms with Crippen LogP contribution in [0.1, 0.15) is 6.42 Å². The molecule has 1 unspecified atom stereocenters. The number of hydrogen-bond donors (Lipinski definition) is 0. The van der Waals surface area contributed by atoms with E-state index in [2.05, 4.69) is 0 Å². The van der Waals surface area contributed by atoms with Crippen molar-refractivity contribution >= 4 is 0 Å². The molecule has 0 radical (unpaired) electrons. The van der Waals surface area contributed by atoms with Gasteiger partial charge in [-0.3, -0.25) is 0 Å². The highest BCUT2D eigenvalue weighted by molar-refractivity contribution is 4.67. The molecule has 0 aromatic rings. The van der Waals surface area contributed by atoms with E-state index in [0.29, 0.717) is 33.0 Å². The normalized spacial score (nSPS) is 23.4. The van der Waals surface area contributed by atoms with E-state index in [0.717, 1.165) is 0 Å². The van der Waals surface area contributed by atoms with Gasteiger partial charge < -0.3 is 14.2 Å². The highest BCUT2D eigenvalue weighted by Crippen LogP contribution is 2.02. The lowest BCUT2D eigenvalue weighted by atomic mass is 10.4. The van der Waals surface area contributed by atoms with Crippen molar-refractivity contribution in [1.29, 1.82) is 5.26 Å². The van der Waals surface area contributed by atoms with Crippen molar-refractivity contribution in [2.75, 3.05) is 26.6 Å². The second-order valence-corrected chi connectivity index (χ2v) is 2.26. The van der Waals surface area contributed by atoms with Crippen LogP contribution in [-0.2, 0) is 14.2 Å². The summed E-state index contributed by atoms with van der Waals surface area (Å²) in [6.45, 7) is 1.98. The second kappa shape index (κ2) is 5.08. The lowest BCUT2D eigenvalue weighted by Gasteiger charge is -2.05. The summed E-state index contributed by atoms with van der Waals surface area (Å²) in [6, 6.07) is 2.00. The molecule has 1 aliphatic rings. The first-order chi connectivity index (χ1) is 5.43. The number of rotatable bonds is 4. The maximum atomic E-state index is 8.17. The Kier molecular flexibility index (Phi) is 3.91. The smallest absolute Gasteiger partial charge is 0.147 e. The van der Waals surface area contributed by atoms with Crippen molar-refractivity contribution in [2.45, 2.75) is 12.5 Å². The van der Waals surface area contributed by atoms with Crippen molar-refractivity contribution in [3.63, 3.8) is 0 Å². The topological polar surface area (TPSA) is 51.5 Å². The lowest BCUT2D eigenvalue weighted by molar-refractivity contribution is 0.00640. The minimum Gasteiger partial charge on any atom is -0.378 e. The Bertz CT molecular complexity index is 137. The van der Waals surface area contributed by atoms with Crippen LogP contribution in [0.4, 0.5) is 0 Å². The Hall–Kier alpha value is -0.630. The van der Waals surface area contributed by atoms with Crippen LogP contribution in [0.2, 0.25) is 0 Å². The zero-order valence-electron chi connectivity index (χ0n) is 6.28. The molecule has 1 heterocycles. The minimum atomic E-state index is 0.0636. The molecule has 62 valence electrons. The van der Waals surface area contributed by atoms with Crippen LogP contribution in [0.3, 0.4) is 0 Å². The lowest BCUT2D eigenvalue weighted by Crippen LogP contribution is -2.17. The zero-order valence-corrected chi connectivity index (χ0v) is 6.28. The molecule has 0 aliphatic carbocycles. The van der Waals surface area contributed by atoms with Gasteiger partial charge in [-0.1, -0.05) is 0 Å². The van der Waals surface area contributed by atoms with Crippen molar-refractivity contribution in [3.8, 4) is 6.07 Å². The van der Waals surface area contributed by atoms with Crippen molar-refractivity contribution in [3.05, 3.63) is 0 Å². The van der Waals surface area contributed by atoms with Gasteiger partial charge in [-0.25, -0.2) is 0 Å². The Labute approximate surface area is 65.7 Å². The predicted octanol–water partition coefficient (Wildman–Crippen LogP) is 0.290. The number of nitrogens with zero attached hydrogens (tertiary/aromatic N) is 1. The molecule has 0 amide bonds. The predicted molar refractivity (Wildman–Crippen MR) is 36.7 cm³/mol. The molecule has 0 spiro atoms. The van der Waals surface area contributed by atoms with Gasteiger partial charge in [0.05, 0.1) is 32.3 Å². The fourth-order valence-electron chi connectivity index (χ4n) is 0.801. The van der Waals surface area contributed by atoms with E-state index in [1.165, 1.54) is 0 Å². The standard InChI is InChI=1S/C7H11NO3/c8-2-1-3-9-4-7-5-10-6-11-7/h7H,1,3-6H2. The van der Waals surface area contributed by atoms with Gasteiger partial charge in [0.25, 0.3) is 0 Å². The molecule has 1 rings (SSSR count). The van der Waals surface area contributed by atoms with Gasteiger partial charge in [0.2, 0.25) is 0 Å². The number of ether oxygens (including phenoxy) is 3. The summed E-state index contributed by atoms with van der Waals surface area (Å²) in [7, 11) is 0. The molecule has 1 aliphatic heterocycles. The highest BCUT2D eigenvalue weighted by atomic mass is 16.7.